The highest BCUT2D eigenvalue weighted by atomic mass is 32.1. The lowest BCUT2D eigenvalue weighted by Crippen LogP contribution is -2.33. The van der Waals surface area contributed by atoms with Gasteiger partial charge in [-0.25, -0.2) is 9.97 Å². The Morgan fingerprint density at radius 1 is 0.381 bits per heavy atom. The van der Waals surface area contributed by atoms with Crippen LogP contribution in [0, 0.1) is 0 Å². The van der Waals surface area contributed by atoms with Crippen molar-refractivity contribution >= 4 is 53.3 Å². The molecule has 0 radical (unpaired) electrons. The third kappa shape index (κ3) is 4.79. The average Bonchev–Trinajstić information content (AvgIpc) is 4.00. The number of hydrogen-bond acceptors (Lipinski definition) is 3. The maximum absolute atomic E-state index is 5.45. The van der Waals surface area contributed by atoms with Gasteiger partial charge in [-0.1, -0.05) is 176 Å². The Bertz CT molecular complexity index is 3800. The number of benzene rings is 9. The molecule has 1 aliphatic carbocycles. The van der Waals surface area contributed by atoms with Crippen LogP contribution in [0.25, 0.3) is 104 Å². The first-order valence-corrected chi connectivity index (χ1v) is 22.4. The smallest absolute Gasteiger partial charge is 0.160 e. The highest BCUT2D eigenvalue weighted by Crippen LogP contribution is 2.63. The minimum atomic E-state index is -0.604. The van der Waals surface area contributed by atoms with E-state index < -0.39 is 5.41 Å². The van der Waals surface area contributed by atoms with Gasteiger partial charge in [0.15, 0.2) is 5.82 Å². The molecule has 4 heterocycles. The van der Waals surface area contributed by atoms with Gasteiger partial charge in [-0.2, -0.15) is 0 Å². The molecule has 12 aromatic rings. The van der Waals surface area contributed by atoms with Crippen LogP contribution in [0.2, 0.25) is 0 Å². The summed E-state index contributed by atoms with van der Waals surface area (Å²) in [7, 11) is 0. The molecular formula is C59H35N3S. The van der Waals surface area contributed by atoms with E-state index in [1.165, 1.54) is 92.2 Å². The molecule has 3 nitrogen and oxygen atoms in total. The average molecular weight is 818 g/mol. The van der Waals surface area contributed by atoms with E-state index in [1.807, 2.05) is 17.4 Å². The van der Waals surface area contributed by atoms with Gasteiger partial charge < -0.3 is 4.57 Å². The standard InChI is InChI=1S/C59H35N3S/c1-3-15-36(16-4-1)50-35-51(61-58(60-50)37-17-5-2-6-18-37)44-22-14-24-48-56(44)45-33-38(39-29-31-42-41-20-8-12-28-54(41)63-55(42)34-39)30-32-46(45)59(48)47-23-9-11-27-53(47)62-52-26-10-7-19-40(52)43-21-13-25-49(59)57(43)62/h1-35H. The van der Waals surface area contributed by atoms with Crippen molar-refractivity contribution in [2.45, 2.75) is 5.41 Å². The van der Waals surface area contributed by atoms with Crippen molar-refractivity contribution in [1.82, 2.24) is 14.5 Å². The van der Waals surface area contributed by atoms with Crippen LogP contribution in [0.5, 0.6) is 0 Å². The molecule has 1 spiro atoms. The molecule has 0 saturated carbocycles. The molecule has 292 valence electrons. The van der Waals surface area contributed by atoms with Gasteiger partial charge in [0.05, 0.1) is 33.5 Å². The second-order valence-electron chi connectivity index (χ2n) is 16.8. The summed E-state index contributed by atoms with van der Waals surface area (Å²) in [6, 6.07) is 77.9. The van der Waals surface area contributed by atoms with Crippen molar-refractivity contribution < 1.29 is 0 Å². The number of fused-ring (bicyclic) bond motifs is 15. The molecule has 0 saturated heterocycles. The normalized spacial score (nSPS) is 14.7. The highest BCUT2D eigenvalue weighted by molar-refractivity contribution is 7.25. The fourth-order valence-corrected chi connectivity index (χ4v) is 12.2. The summed E-state index contributed by atoms with van der Waals surface area (Å²) in [4.78, 5) is 10.7. The van der Waals surface area contributed by atoms with Gasteiger partial charge in [-0.15, -0.1) is 11.3 Å². The SMILES string of the molecule is c1ccc(-c2cc(-c3cccc4c3-c3cc(-c5ccc6c(c5)sc5ccccc56)ccc3C43c4ccccc4-n4c5ccccc5c5cccc3c54)nc(-c3ccccc3)n2)cc1. The number of nitrogens with zero attached hydrogens (tertiary/aromatic N) is 3. The van der Waals surface area contributed by atoms with E-state index in [0.29, 0.717) is 5.82 Å². The quantitative estimate of drug-likeness (QED) is 0.177. The monoisotopic (exact) mass is 817 g/mol. The second-order valence-corrected chi connectivity index (χ2v) is 17.9. The van der Waals surface area contributed by atoms with Crippen LogP contribution < -0.4 is 0 Å². The fraction of sp³-hybridized carbons (Fsp3) is 0.0169. The Morgan fingerprint density at radius 2 is 1.03 bits per heavy atom. The molecule has 0 bridgehead atoms. The van der Waals surface area contributed by atoms with E-state index in [4.69, 9.17) is 9.97 Å². The Hall–Kier alpha value is -7.92. The zero-order chi connectivity index (χ0) is 41.2. The van der Waals surface area contributed by atoms with Gasteiger partial charge in [-0.05, 0) is 80.9 Å². The Balaban J connectivity index is 1.10. The molecule has 3 aromatic heterocycles. The summed E-state index contributed by atoms with van der Waals surface area (Å²) >= 11 is 1.87. The van der Waals surface area contributed by atoms with Crippen LogP contribution in [0.1, 0.15) is 22.3 Å². The number of rotatable bonds is 4. The van der Waals surface area contributed by atoms with Crippen LogP contribution in [-0.2, 0) is 5.41 Å². The van der Waals surface area contributed by atoms with E-state index in [0.717, 1.165) is 28.1 Å². The van der Waals surface area contributed by atoms with E-state index in [9.17, 15) is 0 Å². The second kappa shape index (κ2) is 13.0. The molecular weight excluding hydrogens is 783 g/mol. The number of aromatic nitrogens is 3. The van der Waals surface area contributed by atoms with Crippen molar-refractivity contribution in [1.29, 1.82) is 0 Å². The van der Waals surface area contributed by atoms with Crippen LogP contribution in [-0.4, -0.2) is 14.5 Å². The summed E-state index contributed by atoms with van der Waals surface area (Å²) in [6.07, 6.45) is 0. The molecule has 0 fully saturated rings. The summed E-state index contributed by atoms with van der Waals surface area (Å²) in [5.74, 6) is 0.708. The van der Waals surface area contributed by atoms with Crippen LogP contribution >= 0.6 is 11.3 Å². The summed E-state index contributed by atoms with van der Waals surface area (Å²) in [5.41, 5.74) is 18.0. The van der Waals surface area contributed by atoms with Crippen LogP contribution in [0.15, 0.2) is 212 Å². The van der Waals surface area contributed by atoms with Crippen LogP contribution in [0.4, 0.5) is 0 Å². The molecule has 2 aliphatic rings. The minimum Gasteiger partial charge on any atom is -0.309 e. The van der Waals surface area contributed by atoms with Crippen molar-refractivity contribution in [2.75, 3.05) is 0 Å². The molecule has 0 amide bonds. The van der Waals surface area contributed by atoms with Gasteiger partial charge in [0.25, 0.3) is 0 Å². The van der Waals surface area contributed by atoms with Crippen molar-refractivity contribution in [3.05, 3.63) is 235 Å². The molecule has 14 rings (SSSR count). The molecule has 1 aliphatic heterocycles. The van der Waals surface area contributed by atoms with Gasteiger partial charge >= 0.3 is 0 Å². The first kappa shape index (κ1) is 34.8. The lowest BCUT2D eigenvalue weighted by molar-refractivity contribution is 0.748. The molecule has 1 atom stereocenters. The minimum absolute atomic E-state index is 0.604. The Morgan fingerprint density at radius 3 is 1.92 bits per heavy atom. The van der Waals surface area contributed by atoms with Crippen molar-refractivity contribution in [3.8, 4) is 61.8 Å². The molecule has 1 unspecified atom stereocenters. The largest absolute Gasteiger partial charge is 0.309 e. The lowest BCUT2D eigenvalue weighted by atomic mass is 9.65. The van der Waals surface area contributed by atoms with Gasteiger partial charge in [0.2, 0.25) is 0 Å². The molecule has 9 aromatic carbocycles. The summed E-state index contributed by atoms with van der Waals surface area (Å²) in [5, 5.41) is 5.16. The van der Waals surface area contributed by atoms with E-state index >= 15 is 0 Å². The van der Waals surface area contributed by atoms with E-state index in [2.05, 4.69) is 211 Å². The third-order valence-corrected chi connectivity index (χ3v) is 14.8. The Labute approximate surface area is 367 Å². The maximum atomic E-state index is 5.45. The maximum Gasteiger partial charge on any atom is 0.160 e. The zero-order valence-electron chi connectivity index (χ0n) is 34.0. The lowest BCUT2D eigenvalue weighted by Gasteiger charge is -2.39. The molecule has 0 N–H and O–H groups in total. The predicted molar refractivity (Wildman–Crippen MR) is 262 cm³/mol. The topological polar surface area (TPSA) is 30.7 Å². The number of hydrogen-bond donors (Lipinski definition) is 0. The first-order valence-electron chi connectivity index (χ1n) is 21.6. The zero-order valence-corrected chi connectivity index (χ0v) is 34.8. The first-order chi connectivity index (χ1) is 31.2. The fourth-order valence-electron chi connectivity index (χ4n) is 11.0. The van der Waals surface area contributed by atoms with E-state index in [1.54, 1.807) is 0 Å². The van der Waals surface area contributed by atoms with Gasteiger partial charge in [-0.3, -0.25) is 0 Å². The Kier molecular flexibility index (Phi) is 7.20. The number of para-hydroxylation sites is 3. The van der Waals surface area contributed by atoms with Crippen molar-refractivity contribution in [2.24, 2.45) is 0 Å². The summed E-state index contributed by atoms with van der Waals surface area (Å²) < 4.78 is 5.13. The van der Waals surface area contributed by atoms with Gasteiger partial charge in [0.1, 0.15) is 0 Å². The molecule has 63 heavy (non-hydrogen) atoms. The van der Waals surface area contributed by atoms with Crippen molar-refractivity contribution in [3.63, 3.8) is 0 Å². The molecule has 4 heteroatoms. The predicted octanol–water partition coefficient (Wildman–Crippen LogP) is 15.3. The summed E-state index contributed by atoms with van der Waals surface area (Å²) in [6.45, 7) is 0. The van der Waals surface area contributed by atoms with Gasteiger partial charge in [0, 0.05) is 47.6 Å². The van der Waals surface area contributed by atoms with E-state index in [-0.39, 0.29) is 0 Å². The highest BCUT2D eigenvalue weighted by Gasteiger charge is 2.51. The number of thiophene rings is 1. The third-order valence-electron chi connectivity index (χ3n) is 13.6. The van der Waals surface area contributed by atoms with Crippen LogP contribution in [0.3, 0.4) is 0 Å².